The maximum absolute atomic E-state index is 12.6. The van der Waals surface area contributed by atoms with Gasteiger partial charge in [-0.3, -0.25) is 9.59 Å². The summed E-state index contributed by atoms with van der Waals surface area (Å²) in [6.07, 6.45) is 89.5. The average Bonchev–Trinajstić information content (AvgIpc) is 3.47. The van der Waals surface area contributed by atoms with Gasteiger partial charge in [-0.05, 0) is 57.8 Å². The van der Waals surface area contributed by atoms with E-state index in [1.807, 2.05) is 0 Å². The van der Waals surface area contributed by atoms with Gasteiger partial charge in [0.15, 0.2) is 0 Å². The highest BCUT2D eigenvalue weighted by Crippen LogP contribution is 2.20. The molecule has 3 N–H and O–H groups in total. The Hall–Kier alpha value is -1.66. The smallest absolute Gasteiger partial charge is 0.305 e. The Morgan fingerprint density at radius 1 is 0.346 bits per heavy atom. The summed E-state index contributed by atoms with van der Waals surface area (Å²) in [7, 11) is 0. The van der Waals surface area contributed by atoms with Crippen molar-refractivity contribution in [3.8, 4) is 0 Å². The molecule has 0 aromatic rings. The quantitative estimate of drug-likeness (QED) is 0.0320. The molecule has 0 aliphatic heterocycles. The third-order valence-corrected chi connectivity index (χ3v) is 17.5. The summed E-state index contributed by atoms with van der Waals surface area (Å²) in [4.78, 5) is 24.6. The van der Waals surface area contributed by atoms with Crippen LogP contribution in [-0.2, 0) is 14.3 Å². The van der Waals surface area contributed by atoms with Crippen LogP contribution in [0.2, 0.25) is 0 Å². The number of allylic oxidation sites excluding steroid dienone is 4. The minimum atomic E-state index is -0.663. The van der Waals surface area contributed by atoms with E-state index in [9.17, 15) is 19.8 Å². The van der Waals surface area contributed by atoms with Crippen LogP contribution in [0.25, 0.3) is 0 Å². The van der Waals surface area contributed by atoms with Crippen LogP contribution in [0.1, 0.15) is 418 Å². The maximum Gasteiger partial charge on any atom is 0.305 e. The van der Waals surface area contributed by atoms with Crippen LogP contribution in [0.4, 0.5) is 0 Å². The first kappa shape index (κ1) is 79.3. The number of carbonyl (C=O) groups is 2. The van der Waals surface area contributed by atoms with Gasteiger partial charge in [0.25, 0.3) is 0 Å². The third-order valence-electron chi connectivity index (χ3n) is 17.5. The molecule has 0 radical (unpaired) electrons. The molecule has 0 spiro atoms. The minimum absolute atomic E-state index is 0.0113. The van der Waals surface area contributed by atoms with Crippen LogP contribution in [0.3, 0.4) is 0 Å². The lowest BCUT2D eigenvalue weighted by Crippen LogP contribution is -2.45. The number of aliphatic hydroxyl groups excluding tert-OH is 2. The van der Waals surface area contributed by atoms with Gasteiger partial charge >= 0.3 is 5.97 Å². The Balaban J connectivity index is 3.35. The van der Waals surface area contributed by atoms with Crippen LogP contribution in [0.15, 0.2) is 24.3 Å². The molecule has 2 atom stereocenters. The monoisotopic (exact) mass is 1140 g/mol. The van der Waals surface area contributed by atoms with Crippen LogP contribution in [0, 0.1) is 0 Å². The maximum atomic E-state index is 12.6. The van der Waals surface area contributed by atoms with Gasteiger partial charge in [-0.1, -0.05) is 372 Å². The van der Waals surface area contributed by atoms with Gasteiger partial charge in [0, 0.05) is 12.8 Å². The molecule has 0 saturated heterocycles. The van der Waals surface area contributed by atoms with E-state index >= 15 is 0 Å². The normalized spacial score (nSPS) is 12.6. The molecule has 0 heterocycles. The summed E-state index contributed by atoms with van der Waals surface area (Å²) in [6, 6.07) is -0.540. The number of ether oxygens (including phenoxy) is 1. The van der Waals surface area contributed by atoms with E-state index in [0.29, 0.717) is 25.9 Å². The Morgan fingerprint density at radius 2 is 0.617 bits per heavy atom. The lowest BCUT2D eigenvalue weighted by atomic mass is 10.0. The van der Waals surface area contributed by atoms with Crippen molar-refractivity contribution < 1.29 is 24.5 Å². The van der Waals surface area contributed by atoms with E-state index in [2.05, 4.69) is 43.5 Å². The van der Waals surface area contributed by atoms with Gasteiger partial charge in [-0.2, -0.15) is 0 Å². The molecule has 0 aliphatic rings. The second kappa shape index (κ2) is 70.8. The second-order valence-electron chi connectivity index (χ2n) is 25.6. The van der Waals surface area contributed by atoms with Crippen LogP contribution in [0.5, 0.6) is 0 Å². The zero-order valence-corrected chi connectivity index (χ0v) is 55.0. The molecule has 0 rings (SSSR count). The molecule has 2 unspecified atom stereocenters. The predicted molar refractivity (Wildman–Crippen MR) is 356 cm³/mol. The zero-order valence-electron chi connectivity index (χ0n) is 55.0. The standard InChI is InChI=1S/C75H145NO5/c1-3-5-7-9-11-13-15-17-19-21-22-32-36-39-43-47-51-55-59-63-67-73(78)72(71-77)76-74(79)68-64-60-56-52-48-44-40-37-33-30-28-26-24-23-25-27-29-31-34-38-42-46-50-54-58-62-66-70-81-75(80)69-65-61-57-53-49-45-41-35-20-18-16-14-12-10-8-6-4-2/h12,14,18,20,72-73,77-78H,3-11,13,15-17,19,21-71H2,1-2H3,(H,76,79)/b14-12-,20-18-. The summed E-state index contributed by atoms with van der Waals surface area (Å²) >= 11 is 0. The van der Waals surface area contributed by atoms with Crippen molar-refractivity contribution in [1.82, 2.24) is 5.32 Å². The van der Waals surface area contributed by atoms with Gasteiger partial charge in [-0.25, -0.2) is 0 Å². The fraction of sp³-hybridized carbons (Fsp3) is 0.920. The van der Waals surface area contributed by atoms with Gasteiger partial charge in [0.1, 0.15) is 0 Å². The molecule has 81 heavy (non-hydrogen) atoms. The van der Waals surface area contributed by atoms with Gasteiger partial charge in [0.2, 0.25) is 5.91 Å². The van der Waals surface area contributed by atoms with Crippen LogP contribution < -0.4 is 5.32 Å². The van der Waals surface area contributed by atoms with E-state index in [0.717, 1.165) is 51.4 Å². The highest BCUT2D eigenvalue weighted by molar-refractivity contribution is 5.76. The molecule has 0 fully saturated rings. The molecule has 480 valence electrons. The largest absolute Gasteiger partial charge is 0.466 e. The lowest BCUT2D eigenvalue weighted by Gasteiger charge is -2.22. The molecular weight excluding hydrogens is 995 g/mol. The van der Waals surface area contributed by atoms with Crippen molar-refractivity contribution in [3.63, 3.8) is 0 Å². The summed E-state index contributed by atoms with van der Waals surface area (Å²) in [6.45, 7) is 4.97. The number of unbranched alkanes of at least 4 members (excludes halogenated alkanes) is 55. The van der Waals surface area contributed by atoms with Crippen molar-refractivity contribution in [2.24, 2.45) is 0 Å². The number of aliphatic hydroxyl groups is 2. The number of rotatable bonds is 70. The number of nitrogens with one attached hydrogen (secondary N) is 1. The number of carbonyl (C=O) groups excluding carboxylic acids is 2. The number of amides is 1. The van der Waals surface area contributed by atoms with E-state index < -0.39 is 12.1 Å². The van der Waals surface area contributed by atoms with Crippen LogP contribution >= 0.6 is 0 Å². The molecule has 0 bridgehead atoms. The lowest BCUT2D eigenvalue weighted by molar-refractivity contribution is -0.143. The molecule has 6 heteroatoms. The SMILES string of the molecule is CCCCC/C=C\C/C=C\CCCCCCCCCC(=O)OCCCCCCCCCCCCCCCCCCCCCCCCCCCCCC(=O)NC(CO)C(O)CCCCCCCCCCCCCCCCCCCCCC. The fourth-order valence-electron chi connectivity index (χ4n) is 11.9. The van der Waals surface area contributed by atoms with Crippen molar-refractivity contribution in [1.29, 1.82) is 0 Å². The average molecular weight is 1140 g/mol. The fourth-order valence-corrected chi connectivity index (χ4v) is 11.9. The molecule has 0 aromatic carbocycles. The minimum Gasteiger partial charge on any atom is -0.466 e. The van der Waals surface area contributed by atoms with E-state index in [4.69, 9.17) is 4.74 Å². The summed E-state index contributed by atoms with van der Waals surface area (Å²) < 4.78 is 5.50. The van der Waals surface area contributed by atoms with Gasteiger partial charge < -0.3 is 20.3 Å². The van der Waals surface area contributed by atoms with Gasteiger partial charge in [0.05, 0.1) is 25.4 Å². The zero-order chi connectivity index (χ0) is 58.5. The summed E-state index contributed by atoms with van der Waals surface area (Å²) in [5.41, 5.74) is 0. The first-order valence-electron chi connectivity index (χ1n) is 37.1. The molecule has 0 aromatic heterocycles. The Morgan fingerprint density at radius 3 is 0.963 bits per heavy atom. The van der Waals surface area contributed by atoms with Crippen LogP contribution in [-0.4, -0.2) is 47.4 Å². The van der Waals surface area contributed by atoms with E-state index in [-0.39, 0.29) is 18.5 Å². The first-order valence-corrected chi connectivity index (χ1v) is 37.1. The second-order valence-corrected chi connectivity index (χ2v) is 25.6. The number of hydrogen-bond acceptors (Lipinski definition) is 5. The number of esters is 1. The van der Waals surface area contributed by atoms with E-state index in [1.165, 1.54) is 334 Å². The first-order chi connectivity index (χ1) is 40.0. The highest BCUT2D eigenvalue weighted by atomic mass is 16.5. The molecule has 0 aliphatic carbocycles. The van der Waals surface area contributed by atoms with E-state index in [1.54, 1.807) is 0 Å². The Labute approximate surface area is 507 Å². The molecule has 6 nitrogen and oxygen atoms in total. The molecular formula is C75H145NO5. The predicted octanol–water partition coefficient (Wildman–Crippen LogP) is 24.1. The Kier molecular flexibility index (Phi) is 69.4. The van der Waals surface area contributed by atoms with Gasteiger partial charge in [-0.15, -0.1) is 0 Å². The van der Waals surface area contributed by atoms with Crippen molar-refractivity contribution in [3.05, 3.63) is 24.3 Å². The summed E-state index contributed by atoms with van der Waals surface area (Å²) in [5.74, 6) is -0.0164. The van der Waals surface area contributed by atoms with Crippen molar-refractivity contribution in [2.45, 2.75) is 431 Å². The van der Waals surface area contributed by atoms with Crippen molar-refractivity contribution >= 4 is 11.9 Å². The molecule has 1 amide bonds. The highest BCUT2D eigenvalue weighted by Gasteiger charge is 2.20. The number of hydrogen-bond donors (Lipinski definition) is 3. The molecule has 0 saturated carbocycles. The summed E-state index contributed by atoms with van der Waals surface area (Å²) in [5, 5.41) is 23.4. The third kappa shape index (κ3) is 67.3. The Bertz CT molecular complexity index is 1270. The topological polar surface area (TPSA) is 95.9 Å². The van der Waals surface area contributed by atoms with Crippen molar-refractivity contribution in [2.75, 3.05) is 13.2 Å².